The van der Waals surface area contributed by atoms with E-state index in [0.717, 1.165) is 12.0 Å². The maximum absolute atomic E-state index is 12.4. The van der Waals surface area contributed by atoms with Crippen LogP contribution in [0.5, 0.6) is 11.5 Å². The molecule has 1 aromatic carbocycles. The predicted octanol–water partition coefficient (Wildman–Crippen LogP) is 2.42. The third-order valence-corrected chi connectivity index (χ3v) is 5.04. The molecule has 148 valence electrons. The van der Waals surface area contributed by atoms with Crippen molar-refractivity contribution >= 4 is 28.3 Å². The van der Waals surface area contributed by atoms with Gasteiger partial charge in [-0.05, 0) is 42.3 Å². The van der Waals surface area contributed by atoms with Crippen LogP contribution in [-0.4, -0.2) is 35.1 Å². The van der Waals surface area contributed by atoms with Crippen molar-refractivity contribution in [3.05, 3.63) is 64.9 Å². The molecule has 4 rings (SSSR count). The number of rotatable bonds is 7. The maximum atomic E-state index is 12.4. The summed E-state index contributed by atoms with van der Waals surface area (Å²) in [7, 11) is 0. The van der Waals surface area contributed by atoms with E-state index in [-0.39, 0.29) is 25.0 Å². The van der Waals surface area contributed by atoms with Gasteiger partial charge in [-0.1, -0.05) is 0 Å². The van der Waals surface area contributed by atoms with Gasteiger partial charge in [-0.2, -0.15) is 0 Å². The van der Waals surface area contributed by atoms with Crippen LogP contribution in [0.1, 0.15) is 21.6 Å². The third-order valence-electron chi connectivity index (χ3n) is 4.23. The largest absolute Gasteiger partial charge is 0.454 e. The van der Waals surface area contributed by atoms with Gasteiger partial charge >= 0.3 is 0 Å². The van der Waals surface area contributed by atoms with E-state index in [0.29, 0.717) is 34.4 Å². The van der Waals surface area contributed by atoms with Crippen LogP contribution in [0.4, 0.5) is 5.13 Å². The van der Waals surface area contributed by atoms with Crippen molar-refractivity contribution in [2.75, 3.05) is 18.7 Å². The Morgan fingerprint density at radius 1 is 1.10 bits per heavy atom. The fourth-order valence-corrected chi connectivity index (χ4v) is 3.48. The fraction of sp³-hybridized carbons (Fsp3) is 0.200. The van der Waals surface area contributed by atoms with Gasteiger partial charge in [0.05, 0.1) is 12.1 Å². The Bertz CT molecular complexity index is 1020. The number of carbonyl (C=O) groups excluding carboxylic acids is 2. The van der Waals surface area contributed by atoms with E-state index < -0.39 is 0 Å². The van der Waals surface area contributed by atoms with E-state index in [9.17, 15) is 9.59 Å². The average Bonchev–Trinajstić information content (AvgIpc) is 3.37. The lowest BCUT2D eigenvalue weighted by molar-refractivity contribution is -0.120. The Morgan fingerprint density at radius 3 is 2.79 bits per heavy atom. The highest BCUT2D eigenvalue weighted by atomic mass is 32.1. The summed E-state index contributed by atoms with van der Waals surface area (Å²) in [5, 5.41) is 7.81. The molecule has 0 bridgehead atoms. The molecule has 0 aliphatic carbocycles. The minimum atomic E-state index is -0.300. The molecule has 0 saturated carbocycles. The lowest BCUT2D eigenvalue weighted by Crippen LogP contribution is -2.27. The van der Waals surface area contributed by atoms with Crippen LogP contribution in [0.25, 0.3) is 0 Å². The van der Waals surface area contributed by atoms with Gasteiger partial charge in [-0.25, -0.2) is 4.98 Å². The second kappa shape index (κ2) is 8.70. The molecule has 1 aliphatic rings. The number of hydrogen-bond acceptors (Lipinski definition) is 7. The molecule has 0 unspecified atom stereocenters. The molecule has 29 heavy (non-hydrogen) atoms. The smallest absolute Gasteiger partial charge is 0.257 e. The molecular formula is C20H18N4O4S. The Kier molecular flexibility index (Phi) is 5.66. The molecule has 0 fully saturated rings. The molecule has 0 saturated heterocycles. The Hall–Kier alpha value is -3.46. The van der Waals surface area contributed by atoms with E-state index >= 15 is 0 Å². The van der Waals surface area contributed by atoms with Gasteiger partial charge < -0.3 is 14.8 Å². The first-order valence-electron chi connectivity index (χ1n) is 8.98. The molecular weight excluding hydrogens is 392 g/mol. The van der Waals surface area contributed by atoms with Crippen molar-refractivity contribution in [1.82, 2.24) is 15.3 Å². The fourth-order valence-electron chi connectivity index (χ4n) is 2.78. The summed E-state index contributed by atoms with van der Waals surface area (Å²) in [5.74, 6) is 0.748. The molecule has 2 amide bonds. The van der Waals surface area contributed by atoms with Crippen molar-refractivity contribution in [3.63, 3.8) is 0 Å². The molecule has 0 radical (unpaired) electrons. The quantitative estimate of drug-likeness (QED) is 0.620. The maximum Gasteiger partial charge on any atom is 0.257 e. The number of nitrogens with one attached hydrogen (secondary N) is 2. The second-order valence-corrected chi connectivity index (χ2v) is 7.16. The summed E-state index contributed by atoms with van der Waals surface area (Å²) >= 11 is 1.27. The number of amides is 2. The van der Waals surface area contributed by atoms with Crippen LogP contribution in [0.2, 0.25) is 0 Å². The van der Waals surface area contributed by atoms with Crippen LogP contribution in [0.3, 0.4) is 0 Å². The number of anilines is 1. The van der Waals surface area contributed by atoms with Gasteiger partial charge in [0.2, 0.25) is 12.7 Å². The van der Waals surface area contributed by atoms with Crippen LogP contribution in [-0.2, 0) is 17.6 Å². The Balaban J connectivity index is 1.27. The van der Waals surface area contributed by atoms with Crippen molar-refractivity contribution < 1.29 is 19.1 Å². The molecule has 1 aliphatic heterocycles. The molecule has 2 aromatic heterocycles. The number of benzene rings is 1. The summed E-state index contributed by atoms with van der Waals surface area (Å²) in [6.07, 6.45) is 4.35. The van der Waals surface area contributed by atoms with E-state index in [2.05, 4.69) is 20.6 Å². The SMILES string of the molecule is O=C(Cc1csc(NC(=O)c2ccc3c(c2)OCO3)n1)NCCc1ccncc1. The minimum Gasteiger partial charge on any atom is -0.454 e. The second-order valence-electron chi connectivity index (χ2n) is 6.30. The number of pyridine rings is 1. The van der Waals surface area contributed by atoms with Crippen molar-refractivity contribution in [1.29, 1.82) is 0 Å². The molecule has 3 heterocycles. The van der Waals surface area contributed by atoms with E-state index in [4.69, 9.17) is 9.47 Å². The summed E-state index contributed by atoms with van der Waals surface area (Å²) in [4.78, 5) is 32.8. The number of ether oxygens (including phenoxy) is 2. The normalized spacial score (nSPS) is 11.9. The van der Waals surface area contributed by atoms with E-state index in [1.807, 2.05) is 12.1 Å². The zero-order valence-electron chi connectivity index (χ0n) is 15.4. The van der Waals surface area contributed by atoms with Gasteiger partial charge in [0.15, 0.2) is 16.6 Å². The van der Waals surface area contributed by atoms with Gasteiger partial charge in [0.1, 0.15) is 0 Å². The van der Waals surface area contributed by atoms with Crippen LogP contribution >= 0.6 is 11.3 Å². The average molecular weight is 410 g/mol. The topological polar surface area (TPSA) is 102 Å². The first kappa shape index (κ1) is 18.9. The molecule has 9 heteroatoms. The summed E-state index contributed by atoms with van der Waals surface area (Å²) < 4.78 is 10.5. The Morgan fingerprint density at radius 2 is 1.93 bits per heavy atom. The number of hydrogen-bond donors (Lipinski definition) is 2. The van der Waals surface area contributed by atoms with Crippen molar-refractivity contribution in [3.8, 4) is 11.5 Å². The molecule has 2 N–H and O–H groups in total. The van der Waals surface area contributed by atoms with Gasteiger partial charge in [0.25, 0.3) is 5.91 Å². The molecule has 0 atom stereocenters. The number of thiazole rings is 1. The number of carbonyl (C=O) groups is 2. The van der Waals surface area contributed by atoms with Crippen molar-refractivity contribution in [2.45, 2.75) is 12.8 Å². The molecule has 0 spiro atoms. The lowest BCUT2D eigenvalue weighted by atomic mass is 10.2. The van der Waals surface area contributed by atoms with Crippen molar-refractivity contribution in [2.24, 2.45) is 0 Å². The summed E-state index contributed by atoms with van der Waals surface area (Å²) in [5.41, 5.74) is 2.17. The summed E-state index contributed by atoms with van der Waals surface area (Å²) in [6, 6.07) is 8.82. The zero-order chi connectivity index (χ0) is 20.1. The monoisotopic (exact) mass is 410 g/mol. The highest BCUT2D eigenvalue weighted by Crippen LogP contribution is 2.32. The number of nitrogens with zero attached hydrogens (tertiary/aromatic N) is 2. The molecule has 3 aromatic rings. The lowest BCUT2D eigenvalue weighted by Gasteiger charge is -2.04. The highest BCUT2D eigenvalue weighted by molar-refractivity contribution is 7.14. The standard InChI is InChI=1S/C20H18N4O4S/c25-18(22-8-5-13-3-6-21-7-4-13)10-15-11-29-20(23-15)24-19(26)14-1-2-16-17(9-14)28-12-27-16/h1-4,6-7,9,11H,5,8,10,12H2,(H,22,25)(H,23,24,26). The van der Waals surface area contributed by atoms with Gasteiger partial charge in [-0.15, -0.1) is 11.3 Å². The van der Waals surface area contributed by atoms with Crippen LogP contribution in [0, 0.1) is 0 Å². The number of fused-ring (bicyclic) bond motifs is 1. The first-order chi connectivity index (χ1) is 14.2. The predicted molar refractivity (Wildman–Crippen MR) is 107 cm³/mol. The summed E-state index contributed by atoms with van der Waals surface area (Å²) in [6.45, 7) is 0.696. The van der Waals surface area contributed by atoms with E-state index in [1.165, 1.54) is 11.3 Å². The zero-order valence-corrected chi connectivity index (χ0v) is 16.2. The van der Waals surface area contributed by atoms with Crippen LogP contribution in [0.15, 0.2) is 48.1 Å². The first-order valence-corrected chi connectivity index (χ1v) is 9.86. The number of aromatic nitrogens is 2. The minimum absolute atomic E-state index is 0.113. The van der Waals surface area contributed by atoms with Gasteiger partial charge in [0, 0.05) is 29.9 Å². The van der Waals surface area contributed by atoms with Crippen LogP contribution < -0.4 is 20.1 Å². The Labute approximate surface area is 170 Å². The van der Waals surface area contributed by atoms with E-state index in [1.54, 1.807) is 36.0 Å². The third kappa shape index (κ3) is 4.88. The highest BCUT2D eigenvalue weighted by Gasteiger charge is 2.17. The molecule has 8 nitrogen and oxygen atoms in total. The van der Waals surface area contributed by atoms with Gasteiger partial charge in [-0.3, -0.25) is 19.9 Å².